The number of benzene rings is 1. The normalized spacial score (nSPS) is 10.5. The van der Waals surface area contributed by atoms with Crippen molar-refractivity contribution < 1.29 is 9.84 Å². The van der Waals surface area contributed by atoms with Gasteiger partial charge in [-0.15, -0.1) is 11.3 Å². The van der Waals surface area contributed by atoms with Crippen molar-refractivity contribution in [2.45, 2.75) is 20.1 Å². The van der Waals surface area contributed by atoms with Crippen LogP contribution in [0.5, 0.6) is 5.75 Å². The molecule has 0 fully saturated rings. The minimum atomic E-state index is -0.0245. The summed E-state index contributed by atoms with van der Waals surface area (Å²) >= 11 is 7.32. The number of rotatable bonds is 4. The second kappa shape index (κ2) is 5.49. The minimum absolute atomic E-state index is 0.0245. The molecule has 0 atom stereocenters. The fourth-order valence-electron chi connectivity index (χ4n) is 1.37. The van der Waals surface area contributed by atoms with Crippen molar-refractivity contribution in [1.29, 1.82) is 0 Å². The van der Waals surface area contributed by atoms with Crippen LogP contribution in [0, 0.1) is 6.92 Å². The van der Waals surface area contributed by atoms with Crippen molar-refractivity contribution >= 4 is 22.9 Å². The van der Waals surface area contributed by atoms with Gasteiger partial charge in [-0.05, 0) is 31.2 Å². The highest BCUT2D eigenvalue weighted by Crippen LogP contribution is 2.20. The average Bonchev–Trinajstić information content (AvgIpc) is 2.69. The lowest BCUT2D eigenvalue weighted by atomic mass is 10.3. The van der Waals surface area contributed by atoms with Gasteiger partial charge in [-0.25, -0.2) is 4.98 Å². The largest absolute Gasteiger partial charge is 0.486 e. The summed E-state index contributed by atoms with van der Waals surface area (Å²) in [6, 6.07) is 7.19. The average molecular weight is 270 g/mol. The second-order valence-corrected chi connectivity index (χ2v) is 5.24. The Hall–Kier alpha value is -1.10. The Kier molecular flexibility index (Phi) is 3.99. The molecule has 0 aliphatic carbocycles. The molecule has 5 heteroatoms. The van der Waals surface area contributed by atoms with Gasteiger partial charge in [0, 0.05) is 9.90 Å². The van der Waals surface area contributed by atoms with Gasteiger partial charge in [-0.2, -0.15) is 0 Å². The summed E-state index contributed by atoms with van der Waals surface area (Å²) in [6.07, 6.45) is 0. The molecule has 1 aromatic heterocycles. The minimum Gasteiger partial charge on any atom is -0.486 e. The molecule has 0 aliphatic rings. The summed E-state index contributed by atoms with van der Waals surface area (Å²) in [5.41, 5.74) is 0.727. The Morgan fingerprint density at radius 1 is 1.35 bits per heavy atom. The van der Waals surface area contributed by atoms with Crippen LogP contribution in [0.1, 0.15) is 15.6 Å². The van der Waals surface area contributed by atoms with Gasteiger partial charge in [0.1, 0.15) is 17.4 Å². The fourth-order valence-corrected chi connectivity index (χ4v) is 2.35. The van der Waals surface area contributed by atoms with E-state index in [0.29, 0.717) is 11.6 Å². The molecule has 1 aromatic carbocycles. The molecule has 0 aliphatic heterocycles. The highest BCUT2D eigenvalue weighted by atomic mass is 35.5. The van der Waals surface area contributed by atoms with Crippen molar-refractivity contribution in [3.63, 3.8) is 0 Å². The van der Waals surface area contributed by atoms with Crippen LogP contribution < -0.4 is 4.74 Å². The molecule has 0 radical (unpaired) electrons. The van der Waals surface area contributed by atoms with Gasteiger partial charge >= 0.3 is 0 Å². The van der Waals surface area contributed by atoms with Crippen LogP contribution in [-0.2, 0) is 13.2 Å². The third-order valence-electron chi connectivity index (χ3n) is 2.26. The van der Waals surface area contributed by atoms with E-state index < -0.39 is 0 Å². The zero-order valence-corrected chi connectivity index (χ0v) is 10.9. The van der Waals surface area contributed by atoms with Gasteiger partial charge in [0.25, 0.3) is 0 Å². The number of halogens is 1. The topological polar surface area (TPSA) is 42.4 Å². The van der Waals surface area contributed by atoms with Crippen LogP contribution in [0.25, 0.3) is 0 Å². The molecule has 17 heavy (non-hydrogen) atoms. The fraction of sp³-hybridized carbons (Fsp3) is 0.250. The molecule has 0 amide bonds. The SMILES string of the molecule is Cc1sc(COc2ccc(Cl)cc2)nc1CO. The number of nitrogens with zero attached hydrogens (tertiary/aromatic N) is 1. The van der Waals surface area contributed by atoms with E-state index in [0.717, 1.165) is 21.3 Å². The Morgan fingerprint density at radius 2 is 2.06 bits per heavy atom. The lowest BCUT2D eigenvalue weighted by Gasteiger charge is -2.03. The van der Waals surface area contributed by atoms with Gasteiger partial charge < -0.3 is 9.84 Å². The van der Waals surface area contributed by atoms with Crippen molar-refractivity contribution in [3.8, 4) is 5.75 Å². The van der Waals surface area contributed by atoms with Crippen molar-refractivity contribution in [3.05, 3.63) is 44.9 Å². The standard InChI is InChI=1S/C12H12ClNO2S/c1-8-11(6-15)14-12(17-8)7-16-10-4-2-9(13)3-5-10/h2-5,15H,6-7H2,1H3. The molecule has 0 spiro atoms. The van der Waals surface area contributed by atoms with Crippen LogP contribution in [0.3, 0.4) is 0 Å². The molecule has 0 bridgehead atoms. The summed E-state index contributed by atoms with van der Waals surface area (Å²) in [6.45, 7) is 2.32. The van der Waals surface area contributed by atoms with Crippen LogP contribution in [-0.4, -0.2) is 10.1 Å². The molecular formula is C12H12ClNO2S. The Balaban J connectivity index is 1.99. The number of aliphatic hydroxyl groups excluding tert-OH is 1. The molecule has 0 unspecified atom stereocenters. The molecule has 3 nitrogen and oxygen atoms in total. The molecule has 90 valence electrons. The third-order valence-corrected chi connectivity index (χ3v) is 3.50. The van der Waals surface area contributed by atoms with E-state index in [1.807, 2.05) is 19.1 Å². The Morgan fingerprint density at radius 3 is 2.65 bits per heavy atom. The van der Waals surface area contributed by atoms with E-state index in [1.54, 1.807) is 12.1 Å². The van der Waals surface area contributed by atoms with Crippen molar-refractivity contribution in [2.75, 3.05) is 0 Å². The molecular weight excluding hydrogens is 258 g/mol. The van der Waals surface area contributed by atoms with Crippen LogP contribution in [0.4, 0.5) is 0 Å². The zero-order valence-electron chi connectivity index (χ0n) is 9.31. The summed E-state index contributed by atoms with van der Waals surface area (Å²) in [5.74, 6) is 0.757. The van der Waals surface area contributed by atoms with Gasteiger partial charge in [-0.1, -0.05) is 11.6 Å². The number of ether oxygens (including phenoxy) is 1. The highest BCUT2D eigenvalue weighted by molar-refractivity contribution is 7.11. The van der Waals surface area contributed by atoms with E-state index >= 15 is 0 Å². The maximum Gasteiger partial charge on any atom is 0.140 e. The maximum atomic E-state index is 9.04. The lowest BCUT2D eigenvalue weighted by Crippen LogP contribution is -1.95. The highest BCUT2D eigenvalue weighted by Gasteiger charge is 2.06. The monoisotopic (exact) mass is 269 g/mol. The van der Waals surface area contributed by atoms with Crippen LogP contribution in [0.15, 0.2) is 24.3 Å². The second-order valence-electron chi connectivity index (χ2n) is 3.51. The first-order valence-corrected chi connectivity index (χ1v) is 6.33. The van der Waals surface area contributed by atoms with Gasteiger partial charge in [-0.3, -0.25) is 0 Å². The van der Waals surface area contributed by atoms with E-state index in [9.17, 15) is 0 Å². The number of hydrogen-bond donors (Lipinski definition) is 1. The number of hydrogen-bond acceptors (Lipinski definition) is 4. The van der Waals surface area contributed by atoms with Crippen molar-refractivity contribution in [1.82, 2.24) is 4.98 Å². The van der Waals surface area contributed by atoms with Crippen molar-refractivity contribution in [2.24, 2.45) is 0 Å². The summed E-state index contributed by atoms with van der Waals surface area (Å²) in [4.78, 5) is 5.31. The number of thiazole rings is 1. The van der Waals surface area contributed by atoms with Crippen LogP contribution in [0.2, 0.25) is 5.02 Å². The lowest BCUT2D eigenvalue weighted by molar-refractivity contribution is 0.274. The number of aliphatic hydroxyl groups is 1. The Bertz CT molecular complexity index is 496. The van der Waals surface area contributed by atoms with E-state index in [2.05, 4.69) is 4.98 Å². The van der Waals surface area contributed by atoms with Gasteiger partial charge in [0.15, 0.2) is 0 Å². The smallest absolute Gasteiger partial charge is 0.140 e. The van der Waals surface area contributed by atoms with Crippen LogP contribution >= 0.6 is 22.9 Å². The van der Waals surface area contributed by atoms with E-state index in [4.69, 9.17) is 21.4 Å². The number of aromatic nitrogens is 1. The number of aryl methyl sites for hydroxylation is 1. The third kappa shape index (κ3) is 3.19. The molecule has 2 rings (SSSR count). The maximum absolute atomic E-state index is 9.04. The molecule has 1 heterocycles. The molecule has 0 saturated heterocycles. The Labute approximate surface area is 109 Å². The van der Waals surface area contributed by atoms with E-state index in [-0.39, 0.29) is 6.61 Å². The molecule has 1 N–H and O–H groups in total. The summed E-state index contributed by atoms with van der Waals surface area (Å²) < 4.78 is 5.57. The van der Waals surface area contributed by atoms with Gasteiger partial charge in [0.2, 0.25) is 0 Å². The first-order valence-electron chi connectivity index (χ1n) is 5.13. The first kappa shape index (κ1) is 12.4. The first-order chi connectivity index (χ1) is 8.19. The van der Waals surface area contributed by atoms with Gasteiger partial charge in [0.05, 0.1) is 12.3 Å². The molecule has 0 saturated carbocycles. The van der Waals surface area contributed by atoms with E-state index in [1.165, 1.54) is 11.3 Å². The molecule has 2 aromatic rings. The quantitative estimate of drug-likeness (QED) is 0.927. The summed E-state index contributed by atoms with van der Waals surface area (Å²) in [7, 11) is 0. The summed E-state index contributed by atoms with van der Waals surface area (Å²) in [5, 5.41) is 10.6. The predicted molar refractivity (Wildman–Crippen MR) is 68.6 cm³/mol. The zero-order chi connectivity index (χ0) is 12.3. The predicted octanol–water partition coefficient (Wildman–Crippen LogP) is 3.18.